The van der Waals surface area contributed by atoms with Gasteiger partial charge in [0, 0.05) is 33.4 Å². The van der Waals surface area contributed by atoms with Gasteiger partial charge in [0.25, 0.3) is 5.91 Å². The monoisotopic (exact) mass is 536 g/mol. The van der Waals surface area contributed by atoms with E-state index in [0.29, 0.717) is 57.0 Å². The lowest BCUT2D eigenvalue weighted by molar-refractivity contribution is -0.138. The number of amides is 2. The van der Waals surface area contributed by atoms with Crippen molar-refractivity contribution in [3.63, 3.8) is 0 Å². The summed E-state index contributed by atoms with van der Waals surface area (Å²) in [5.74, 6) is 0.651. The summed E-state index contributed by atoms with van der Waals surface area (Å²) in [6.45, 7) is 3.46. The number of carbonyl (C=O) groups excluding carboxylic acids is 2. The van der Waals surface area contributed by atoms with Crippen LogP contribution in [0.3, 0.4) is 0 Å². The van der Waals surface area contributed by atoms with Crippen molar-refractivity contribution in [3.05, 3.63) is 65.7 Å². The second-order valence-corrected chi connectivity index (χ2v) is 10.6. The van der Waals surface area contributed by atoms with Gasteiger partial charge in [0.05, 0.1) is 30.7 Å². The standard InChI is InChI=1S/C32H44N2O5/c1-37-22-20-33-18-10-2-3-11-19-34(31(35)24-28-15-9-12-21-38-28)27(23-26-13-5-4-6-14-26)25-39-30-17-8-7-16-29(30)32(33)36/h4-8,13-14,16-17,27-28H,2-3,9-12,15,18-25H2,1H3/t27-,28?/m0/s1. The van der Waals surface area contributed by atoms with E-state index in [1.807, 2.05) is 52.3 Å². The van der Waals surface area contributed by atoms with Gasteiger partial charge in [-0.3, -0.25) is 9.59 Å². The van der Waals surface area contributed by atoms with Gasteiger partial charge in [-0.2, -0.15) is 0 Å². The smallest absolute Gasteiger partial charge is 0.257 e. The second-order valence-electron chi connectivity index (χ2n) is 10.6. The van der Waals surface area contributed by atoms with Crippen LogP contribution < -0.4 is 4.74 Å². The summed E-state index contributed by atoms with van der Waals surface area (Å²) in [6, 6.07) is 17.6. The minimum absolute atomic E-state index is 0.00549. The Kier molecular flexibility index (Phi) is 11.7. The van der Waals surface area contributed by atoms with Crippen LogP contribution in [0.4, 0.5) is 0 Å². The lowest BCUT2D eigenvalue weighted by atomic mass is 10.0. The number of hydrogen-bond acceptors (Lipinski definition) is 5. The maximum absolute atomic E-state index is 13.8. The third-order valence-corrected chi connectivity index (χ3v) is 7.73. The number of rotatable bonds is 7. The number of para-hydroxylation sites is 1. The number of ether oxygens (including phenoxy) is 3. The molecule has 0 radical (unpaired) electrons. The highest BCUT2D eigenvalue weighted by molar-refractivity contribution is 5.97. The maximum Gasteiger partial charge on any atom is 0.257 e. The summed E-state index contributed by atoms with van der Waals surface area (Å²) in [7, 11) is 1.66. The maximum atomic E-state index is 13.8. The molecule has 0 aromatic heterocycles. The Balaban J connectivity index is 1.60. The number of fused-ring (bicyclic) bond motifs is 1. The summed E-state index contributed by atoms with van der Waals surface area (Å²) in [4.78, 5) is 31.3. The Bertz CT molecular complexity index is 1020. The molecule has 0 aliphatic carbocycles. The number of methoxy groups -OCH3 is 1. The lowest BCUT2D eigenvalue weighted by Gasteiger charge is -2.34. The van der Waals surface area contributed by atoms with Crippen LogP contribution in [0.25, 0.3) is 0 Å². The highest BCUT2D eigenvalue weighted by atomic mass is 16.5. The van der Waals surface area contributed by atoms with E-state index in [1.54, 1.807) is 7.11 Å². The molecule has 2 aliphatic rings. The Morgan fingerprint density at radius 3 is 2.49 bits per heavy atom. The largest absolute Gasteiger partial charge is 0.491 e. The van der Waals surface area contributed by atoms with E-state index in [-0.39, 0.29) is 24.0 Å². The van der Waals surface area contributed by atoms with E-state index in [1.165, 1.54) is 0 Å². The first-order chi connectivity index (χ1) is 19.2. The third-order valence-electron chi connectivity index (χ3n) is 7.73. The zero-order valence-electron chi connectivity index (χ0n) is 23.4. The first-order valence-corrected chi connectivity index (χ1v) is 14.6. The molecule has 0 N–H and O–H groups in total. The number of benzene rings is 2. The van der Waals surface area contributed by atoms with E-state index in [2.05, 4.69) is 12.1 Å². The van der Waals surface area contributed by atoms with Crippen molar-refractivity contribution in [1.29, 1.82) is 0 Å². The predicted octanol–water partition coefficient (Wildman–Crippen LogP) is 5.13. The number of hydrogen-bond donors (Lipinski definition) is 0. The van der Waals surface area contributed by atoms with Gasteiger partial charge in [0.1, 0.15) is 12.4 Å². The van der Waals surface area contributed by atoms with Crippen molar-refractivity contribution in [2.45, 2.75) is 69.9 Å². The van der Waals surface area contributed by atoms with Crippen molar-refractivity contribution >= 4 is 11.8 Å². The molecule has 0 bridgehead atoms. The summed E-state index contributed by atoms with van der Waals surface area (Å²) in [5.41, 5.74) is 1.71. The van der Waals surface area contributed by atoms with Crippen LogP contribution in [0.5, 0.6) is 5.75 Å². The van der Waals surface area contributed by atoms with Crippen molar-refractivity contribution in [2.24, 2.45) is 0 Å². The molecular formula is C32H44N2O5. The molecule has 212 valence electrons. The molecule has 39 heavy (non-hydrogen) atoms. The normalized spacial score (nSPS) is 21.5. The second kappa shape index (κ2) is 15.6. The van der Waals surface area contributed by atoms with E-state index < -0.39 is 0 Å². The molecule has 1 saturated heterocycles. The molecule has 2 aromatic carbocycles. The van der Waals surface area contributed by atoms with Gasteiger partial charge in [0.15, 0.2) is 0 Å². The zero-order valence-corrected chi connectivity index (χ0v) is 23.4. The molecule has 1 fully saturated rings. The highest BCUT2D eigenvalue weighted by Crippen LogP contribution is 2.24. The van der Waals surface area contributed by atoms with Crippen LogP contribution in [0.15, 0.2) is 54.6 Å². The minimum Gasteiger partial charge on any atom is -0.491 e. The van der Waals surface area contributed by atoms with Gasteiger partial charge in [-0.1, -0.05) is 55.3 Å². The lowest BCUT2D eigenvalue weighted by Crippen LogP contribution is -2.47. The van der Waals surface area contributed by atoms with E-state index in [9.17, 15) is 9.59 Å². The predicted molar refractivity (Wildman–Crippen MR) is 152 cm³/mol. The fraction of sp³-hybridized carbons (Fsp3) is 0.562. The van der Waals surface area contributed by atoms with Crippen LogP contribution in [-0.2, 0) is 20.7 Å². The minimum atomic E-state index is -0.154. The van der Waals surface area contributed by atoms with Crippen LogP contribution >= 0.6 is 0 Å². The average molecular weight is 537 g/mol. The summed E-state index contributed by atoms with van der Waals surface area (Å²) >= 11 is 0. The van der Waals surface area contributed by atoms with Gasteiger partial charge in [-0.05, 0) is 56.2 Å². The summed E-state index contributed by atoms with van der Waals surface area (Å²) < 4.78 is 17.6. The molecule has 2 aromatic rings. The van der Waals surface area contributed by atoms with Crippen molar-refractivity contribution in [3.8, 4) is 5.75 Å². The molecule has 7 heteroatoms. The molecule has 2 amide bonds. The van der Waals surface area contributed by atoms with Crippen molar-refractivity contribution < 1.29 is 23.8 Å². The molecule has 2 heterocycles. The molecule has 4 rings (SSSR count). The SMILES string of the molecule is COCCN1CCCCCCN(C(=O)CC2CCCCO2)[C@@H](Cc2ccccc2)COc2ccccc2C1=O. The number of nitrogens with zero attached hydrogens (tertiary/aromatic N) is 2. The first-order valence-electron chi connectivity index (χ1n) is 14.6. The van der Waals surface area contributed by atoms with Gasteiger partial charge in [0.2, 0.25) is 5.91 Å². The topological polar surface area (TPSA) is 68.3 Å². The molecule has 1 unspecified atom stereocenters. The molecule has 7 nitrogen and oxygen atoms in total. The summed E-state index contributed by atoms with van der Waals surface area (Å²) in [5, 5.41) is 0. The Morgan fingerprint density at radius 1 is 0.949 bits per heavy atom. The molecule has 0 spiro atoms. The first kappa shape index (κ1) is 29.1. The van der Waals surface area contributed by atoms with E-state index >= 15 is 0 Å². The van der Waals surface area contributed by atoms with E-state index in [4.69, 9.17) is 14.2 Å². The fourth-order valence-corrected chi connectivity index (χ4v) is 5.52. The zero-order chi connectivity index (χ0) is 27.3. The molecule has 2 aliphatic heterocycles. The van der Waals surface area contributed by atoms with Crippen LogP contribution in [0, 0.1) is 0 Å². The molecule has 2 atom stereocenters. The summed E-state index contributed by atoms with van der Waals surface area (Å²) in [6.07, 6.45) is 8.06. The quantitative estimate of drug-likeness (QED) is 0.491. The Morgan fingerprint density at radius 2 is 1.72 bits per heavy atom. The van der Waals surface area contributed by atoms with Gasteiger partial charge >= 0.3 is 0 Å². The molecular weight excluding hydrogens is 492 g/mol. The number of carbonyl (C=O) groups is 2. The van der Waals surface area contributed by atoms with Gasteiger partial charge < -0.3 is 24.0 Å². The van der Waals surface area contributed by atoms with Crippen LogP contribution in [-0.4, -0.2) is 80.3 Å². The van der Waals surface area contributed by atoms with Crippen molar-refractivity contribution in [1.82, 2.24) is 9.80 Å². The van der Waals surface area contributed by atoms with Gasteiger partial charge in [-0.15, -0.1) is 0 Å². The van der Waals surface area contributed by atoms with Crippen LogP contribution in [0.1, 0.15) is 67.3 Å². The van der Waals surface area contributed by atoms with Crippen molar-refractivity contribution in [2.75, 3.05) is 46.6 Å². The van der Waals surface area contributed by atoms with Gasteiger partial charge in [-0.25, -0.2) is 0 Å². The average Bonchev–Trinajstić information content (AvgIpc) is 2.97. The van der Waals surface area contributed by atoms with E-state index in [0.717, 1.165) is 57.1 Å². The Labute approximate surface area is 233 Å². The van der Waals surface area contributed by atoms with Crippen LogP contribution in [0.2, 0.25) is 0 Å². The molecule has 0 saturated carbocycles. The fourth-order valence-electron chi connectivity index (χ4n) is 5.52. The third kappa shape index (κ3) is 8.80. The highest BCUT2D eigenvalue weighted by Gasteiger charge is 2.29. The Hall–Kier alpha value is -2.90.